The van der Waals surface area contributed by atoms with Crippen LogP contribution in [0.4, 0.5) is 5.69 Å². The van der Waals surface area contributed by atoms with Gasteiger partial charge >= 0.3 is 5.69 Å². The Hall–Kier alpha value is -3.05. The van der Waals surface area contributed by atoms with Crippen LogP contribution in [0, 0.1) is 10.1 Å². The number of nitro groups is 1. The van der Waals surface area contributed by atoms with Crippen molar-refractivity contribution in [1.29, 1.82) is 0 Å². The summed E-state index contributed by atoms with van der Waals surface area (Å²) in [6.45, 7) is 0.231. The third-order valence-electron chi connectivity index (χ3n) is 4.94. The van der Waals surface area contributed by atoms with Crippen LogP contribution in [0.2, 0.25) is 0 Å². The van der Waals surface area contributed by atoms with Gasteiger partial charge in [-0.1, -0.05) is 0 Å². The van der Waals surface area contributed by atoms with Crippen LogP contribution in [0.15, 0.2) is 50.3 Å². The van der Waals surface area contributed by atoms with Crippen LogP contribution in [-0.4, -0.2) is 24.4 Å². The number of hydrogen-bond acceptors (Lipinski definition) is 9. The van der Waals surface area contributed by atoms with E-state index in [0.717, 1.165) is 55.4 Å². The molecule has 0 aliphatic heterocycles. The Morgan fingerprint density at radius 2 is 2.07 bits per heavy atom. The molecule has 11 heteroatoms. The maximum Gasteiger partial charge on any atom is 0.305 e. The fraction of sp³-hybridized carbons (Fsp3) is 0.263. The summed E-state index contributed by atoms with van der Waals surface area (Å²) in [6, 6.07) is 3.57. The van der Waals surface area contributed by atoms with Crippen molar-refractivity contribution < 1.29 is 9.34 Å². The zero-order valence-electron chi connectivity index (χ0n) is 15.6. The van der Waals surface area contributed by atoms with Crippen molar-refractivity contribution in [3.63, 3.8) is 0 Å². The number of thiophene rings is 1. The van der Waals surface area contributed by atoms with Crippen molar-refractivity contribution in [2.45, 2.75) is 42.5 Å². The zero-order chi connectivity index (χ0) is 20.7. The molecule has 0 amide bonds. The quantitative estimate of drug-likeness (QED) is 0.261. The minimum absolute atomic E-state index is 0.111. The minimum atomic E-state index is -0.554. The molecular formula is C19H15N5O4S2. The van der Waals surface area contributed by atoms with Crippen LogP contribution < -0.4 is 5.56 Å². The smallest absolute Gasteiger partial charge is 0.305 e. The van der Waals surface area contributed by atoms with Crippen LogP contribution in [0.1, 0.15) is 29.0 Å². The van der Waals surface area contributed by atoms with Gasteiger partial charge in [-0.2, -0.15) is 0 Å². The van der Waals surface area contributed by atoms with Crippen molar-refractivity contribution in [2.75, 3.05) is 0 Å². The van der Waals surface area contributed by atoms with E-state index in [0.29, 0.717) is 21.1 Å². The number of furan rings is 1. The lowest BCUT2D eigenvalue weighted by atomic mass is 9.97. The second-order valence-corrected chi connectivity index (χ2v) is 8.86. The lowest BCUT2D eigenvalue weighted by Crippen LogP contribution is -2.24. The van der Waals surface area contributed by atoms with Gasteiger partial charge in [0.25, 0.3) is 5.56 Å². The van der Waals surface area contributed by atoms with Gasteiger partial charge in [-0.3, -0.25) is 19.5 Å². The van der Waals surface area contributed by atoms with E-state index in [2.05, 4.69) is 9.97 Å². The number of nitrogens with zero attached hydrogens (tertiary/aromatic N) is 5. The molecule has 0 saturated heterocycles. The first kappa shape index (κ1) is 18.9. The van der Waals surface area contributed by atoms with Crippen LogP contribution in [0.3, 0.4) is 0 Å². The third-order valence-corrected chi connectivity index (χ3v) is 7.02. The van der Waals surface area contributed by atoms with Gasteiger partial charge in [0.15, 0.2) is 10.3 Å². The molecule has 0 saturated carbocycles. The molecule has 0 spiro atoms. The maximum absolute atomic E-state index is 13.5. The molecule has 30 heavy (non-hydrogen) atoms. The fourth-order valence-electron chi connectivity index (χ4n) is 3.53. The summed E-state index contributed by atoms with van der Waals surface area (Å²) in [5, 5.41) is 12.2. The zero-order valence-corrected chi connectivity index (χ0v) is 17.2. The van der Waals surface area contributed by atoms with Crippen LogP contribution >= 0.6 is 23.1 Å². The van der Waals surface area contributed by atoms with Gasteiger partial charge in [0, 0.05) is 4.88 Å². The average molecular weight is 441 g/mol. The topological polar surface area (TPSA) is 117 Å². The Balaban J connectivity index is 1.63. The van der Waals surface area contributed by atoms with Gasteiger partial charge in [-0.25, -0.2) is 15.0 Å². The highest BCUT2D eigenvalue weighted by molar-refractivity contribution is 7.99. The Morgan fingerprint density at radius 1 is 1.27 bits per heavy atom. The molecular weight excluding hydrogens is 426 g/mol. The van der Waals surface area contributed by atoms with E-state index >= 15 is 0 Å². The first-order valence-corrected chi connectivity index (χ1v) is 10.9. The third kappa shape index (κ3) is 3.39. The Morgan fingerprint density at radius 3 is 2.80 bits per heavy atom. The van der Waals surface area contributed by atoms with Crippen molar-refractivity contribution in [3.8, 4) is 0 Å². The Kier molecular flexibility index (Phi) is 4.83. The van der Waals surface area contributed by atoms with E-state index in [1.807, 2.05) is 0 Å². The monoisotopic (exact) mass is 441 g/mol. The van der Waals surface area contributed by atoms with E-state index in [9.17, 15) is 14.9 Å². The van der Waals surface area contributed by atoms with Gasteiger partial charge in [0.05, 0.1) is 23.1 Å². The second kappa shape index (κ2) is 7.65. The number of aryl methyl sites for hydroxylation is 2. The molecule has 1 aliphatic rings. The van der Waals surface area contributed by atoms with E-state index < -0.39 is 4.92 Å². The molecule has 0 fully saturated rings. The number of hydrogen-bond donors (Lipinski definition) is 0. The molecule has 9 nitrogen and oxygen atoms in total. The molecule has 4 aromatic heterocycles. The molecule has 152 valence electrons. The Labute approximate surface area is 178 Å². The van der Waals surface area contributed by atoms with Gasteiger partial charge in [0.1, 0.15) is 23.0 Å². The second-order valence-electron chi connectivity index (χ2n) is 6.84. The van der Waals surface area contributed by atoms with E-state index in [-0.39, 0.29) is 22.9 Å². The first-order chi connectivity index (χ1) is 14.6. The molecule has 0 atom stereocenters. The van der Waals surface area contributed by atoms with Crippen molar-refractivity contribution in [3.05, 3.63) is 67.5 Å². The number of fused-ring (bicyclic) bond motifs is 3. The first-order valence-electron chi connectivity index (χ1n) is 9.32. The average Bonchev–Trinajstić information content (AvgIpc) is 3.38. The molecule has 1 aliphatic carbocycles. The highest BCUT2D eigenvalue weighted by Gasteiger charge is 2.23. The molecule has 0 unspecified atom stereocenters. The summed E-state index contributed by atoms with van der Waals surface area (Å²) >= 11 is 2.67. The summed E-state index contributed by atoms with van der Waals surface area (Å²) in [5.41, 5.74) is 0.817. The Bertz CT molecular complexity index is 1300. The van der Waals surface area contributed by atoms with Gasteiger partial charge < -0.3 is 4.42 Å². The molecule has 0 aromatic carbocycles. The van der Waals surface area contributed by atoms with E-state index in [1.165, 1.54) is 4.88 Å². The highest BCUT2D eigenvalue weighted by Crippen LogP contribution is 2.35. The largest absolute Gasteiger partial charge is 0.467 e. The fourth-order valence-corrected chi connectivity index (χ4v) is 5.61. The highest BCUT2D eigenvalue weighted by atomic mass is 32.2. The molecule has 4 aromatic rings. The molecule has 0 radical (unpaired) electrons. The maximum atomic E-state index is 13.5. The van der Waals surface area contributed by atoms with Gasteiger partial charge in [-0.15, -0.1) is 11.3 Å². The SMILES string of the molecule is O=c1c2c3c(sc2nc(Sc2ncc([N+](=O)[O-])cn2)n1Cc1ccco1)CCCC3. The van der Waals surface area contributed by atoms with Gasteiger partial charge in [-0.05, 0) is 55.1 Å². The number of aromatic nitrogens is 4. The number of rotatable bonds is 5. The standard InChI is InChI=1S/C19H15N5O4S2/c25-17-15-13-5-1-2-6-14(13)29-16(15)22-19(23(17)10-12-4-3-7-28-12)30-18-20-8-11(9-21-18)24(26)27/h3-4,7-9H,1-2,5-6,10H2. The summed E-state index contributed by atoms with van der Waals surface area (Å²) in [4.78, 5) is 38.6. The van der Waals surface area contributed by atoms with Crippen LogP contribution in [0.25, 0.3) is 10.2 Å². The lowest BCUT2D eigenvalue weighted by Gasteiger charge is -2.12. The van der Waals surface area contributed by atoms with Gasteiger partial charge in [0.2, 0.25) is 0 Å². The summed E-state index contributed by atoms with van der Waals surface area (Å²) in [5.74, 6) is 0.633. The van der Waals surface area contributed by atoms with Crippen molar-refractivity contribution in [2.24, 2.45) is 0 Å². The normalized spacial score (nSPS) is 13.5. The lowest BCUT2D eigenvalue weighted by molar-refractivity contribution is -0.385. The van der Waals surface area contributed by atoms with Crippen LogP contribution in [0.5, 0.6) is 0 Å². The van der Waals surface area contributed by atoms with E-state index in [1.54, 1.807) is 34.3 Å². The summed E-state index contributed by atoms with van der Waals surface area (Å²) < 4.78 is 7.01. The van der Waals surface area contributed by atoms with E-state index in [4.69, 9.17) is 9.40 Å². The molecule has 4 heterocycles. The van der Waals surface area contributed by atoms with Crippen molar-refractivity contribution in [1.82, 2.24) is 19.5 Å². The predicted molar refractivity (Wildman–Crippen MR) is 111 cm³/mol. The molecule has 5 rings (SSSR count). The summed E-state index contributed by atoms with van der Waals surface area (Å²) in [6.07, 6.45) is 7.92. The van der Waals surface area contributed by atoms with Crippen LogP contribution in [-0.2, 0) is 19.4 Å². The molecule has 0 N–H and O–H groups in total. The predicted octanol–water partition coefficient (Wildman–Crippen LogP) is 3.83. The minimum Gasteiger partial charge on any atom is -0.467 e. The summed E-state index contributed by atoms with van der Waals surface area (Å²) in [7, 11) is 0. The van der Waals surface area contributed by atoms with Crippen molar-refractivity contribution >= 4 is 39.0 Å². The molecule has 0 bridgehead atoms.